The lowest BCUT2D eigenvalue weighted by Gasteiger charge is -2.07. The van der Waals surface area contributed by atoms with E-state index in [4.69, 9.17) is 28.8 Å². The van der Waals surface area contributed by atoms with Crippen molar-refractivity contribution < 1.29 is 38.5 Å². The number of carbonyl (C=O) groups is 1. The first-order chi connectivity index (χ1) is 14.6. The van der Waals surface area contributed by atoms with Gasteiger partial charge < -0.3 is 28.8 Å². The number of benzene rings is 1. The van der Waals surface area contributed by atoms with Gasteiger partial charge in [-0.2, -0.15) is 0 Å². The number of rotatable bonds is 19. The minimum absolute atomic E-state index is 0.00691. The molecule has 10 heteroatoms. The van der Waals surface area contributed by atoms with Crippen LogP contribution >= 0.6 is 0 Å². The van der Waals surface area contributed by atoms with Crippen molar-refractivity contribution in [2.24, 2.45) is 0 Å². The van der Waals surface area contributed by atoms with Crippen molar-refractivity contribution in [3.63, 3.8) is 0 Å². The Labute approximate surface area is 175 Å². The number of nitro groups is 1. The van der Waals surface area contributed by atoms with E-state index in [1.807, 2.05) is 12.2 Å². The molecule has 0 aliphatic carbocycles. The zero-order chi connectivity index (χ0) is 21.9. The van der Waals surface area contributed by atoms with Crippen LogP contribution in [-0.4, -0.2) is 82.1 Å². The van der Waals surface area contributed by atoms with Gasteiger partial charge in [0.25, 0.3) is 5.69 Å². The zero-order valence-corrected chi connectivity index (χ0v) is 16.9. The van der Waals surface area contributed by atoms with Crippen LogP contribution in [0.15, 0.2) is 30.3 Å². The fraction of sp³-hybridized carbons (Fsp3) is 0.550. The topological polar surface area (TPSA) is 127 Å². The molecule has 1 N–H and O–H groups in total. The summed E-state index contributed by atoms with van der Waals surface area (Å²) in [5.74, 6) is -0.880. The third kappa shape index (κ3) is 14.6. The van der Waals surface area contributed by atoms with Crippen LogP contribution in [0.3, 0.4) is 0 Å². The van der Waals surface area contributed by atoms with Crippen LogP contribution in [0.25, 0.3) is 6.08 Å². The van der Waals surface area contributed by atoms with Crippen molar-refractivity contribution in [1.82, 2.24) is 0 Å². The van der Waals surface area contributed by atoms with E-state index in [9.17, 15) is 14.9 Å². The molecule has 0 aliphatic heterocycles. The summed E-state index contributed by atoms with van der Waals surface area (Å²) in [6.07, 6.45) is 3.66. The summed E-state index contributed by atoms with van der Waals surface area (Å²) >= 11 is 0. The lowest BCUT2D eigenvalue weighted by Crippen LogP contribution is -2.13. The highest BCUT2D eigenvalue weighted by Crippen LogP contribution is 2.12. The molecule has 168 valence electrons. The van der Waals surface area contributed by atoms with Gasteiger partial charge in [0, 0.05) is 12.1 Å². The maximum atomic E-state index is 10.6. The van der Waals surface area contributed by atoms with Gasteiger partial charge >= 0.3 is 5.97 Å². The van der Waals surface area contributed by atoms with Gasteiger partial charge in [-0.25, -0.2) is 0 Å². The normalized spacial score (nSPS) is 11.2. The SMILES string of the molecule is O=C(O)CCOCCOCCOCCOCCOC/C=C/c1ccc([N+](=O)[O-])cc1. The van der Waals surface area contributed by atoms with Gasteiger partial charge in [-0.05, 0) is 17.7 Å². The van der Waals surface area contributed by atoms with E-state index < -0.39 is 10.9 Å². The van der Waals surface area contributed by atoms with Crippen LogP contribution in [0, 0.1) is 10.1 Å². The van der Waals surface area contributed by atoms with E-state index in [1.165, 1.54) is 12.1 Å². The van der Waals surface area contributed by atoms with Crippen LogP contribution < -0.4 is 0 Å². The Kier molecular flexibility index (Phi) is 15.0. The van der Waals surface area contributed by atoms with Crippen LogP contribution in [-0.2, 0) is 28.5 Å². The highest BCUT2D eigenvalue weighted by molar-refractivity contribution is 5.66. The summed E-state index contributed by atoms with van der Waals surface area (Å²) in [7, 11) is 0. The molecule has 1 aromatic rings. The summed E-state index contributed by atoms with van der Waals surface area (Å²) in [6.45, 7) is 4.08. The predicted octanol–water partition coefficient (Wildman–Crippen LogP) is 2.17. The first kappa shape index (κ1) is 25.7. The number of nitrogens with zero attached hydrogens (tertiary/aromatic N) is 1. The fourth-order valence-corrected chi connectivity index (χ4v) is 2.08. The second-order valence-corrected chi connectivity index (χ2v) is 5.92. The van der Waals surface area contributed by atoms with Crippen LogP contribution in [0.4, 0.5) is 5.69 Å². The lowest BCUT2D eigenvalue weighted by atomic mass is 10.2. The Morgan fingerprint density at radius 2 is 1.30 bits per heavy atom. The Morgan fingerprint density at radius 1 is 0.833 bits per heavy atom. The molecule has 10 nitrogen and oxygen atoms in total. The van der Waals surface area contributed by atoms with Crippen molar-refractivity contribution in [1.29, 1.82) is 0 Å². The number of hydrogen-bond donors (Lipinski definition) is 1. The smallest absolute Gasteiger partial charge is 0.305 e. The minimum Gasteiger partial charge on any atom is -0.481 e. The molecular weight excluding hydrogens is 398 g/mol. The summed E-state index contributed by atoms with van der Waals surface area (Å²) in [4.78, 5) is 20.4. The average molecular weight is 427 g/mol. The number of ether oxygens (including phenoxy) is 5. The summed E-state index contributed by atoms with van der Waals surface area (Å²) in [6, 6.07) is 6.28. The zero-order valence-electron chi connectivity index (χ0n) is 16.9. The van der Waals surface area contributed by atoms with Crippen LogP contribution in [0.1, 0.15) is 12.0 Å². The maximum absolute atomic E-state index is 10.6. The Morgan fingerprint density at radius 3 is 1.77 bits per heavy atom. The van der Waals surface area contributed by atoms with Gasteiger partial charge in [-0.3, -0.25) is 14.9 Å². The Hall–Kier alpha value is -2.37. The molecule has 0 amide bonds. The van der Waals surface area contributed by atoms with Gasteiger partial charge in [0.2, 0.25) is 0 Å². The molecule has 30 heavy (non-hydrogen) atoms. The maximum Gasteiger partial charge on any atom is 0.305 e. The van der Waals surface area contributed by atoms with E-state index in [0.29, 0.717) is 59.5 Å². The monoisotopic (exact) mass is 427 g/mol. The Bertz CT molecular complexity index is 619. The Balaban J connectivity index is 1.82. The van der Waals surface area contributed by atoms with Gasteiger partial charge in [0.1, 0.15) is 0 Å². The summed E-state index contributed by atoms with van der Waals surface area (Å²) in [5.41, 5.74) is 0.934. The predicted molar refractivity (Wildman–Crippen MR) is 108 cm³/mol. The second kappa shape index (κ2) is 17.5. The standard InChI is InChI=1S/C20H29NO9/c22-20(23)7-9-27-11-13-29-15-17-30-16-14-28-12-10-26-8-1-2-18-3-5-19(6-4-18)21(24)25/h1-6H,7-17H2,(H,22,23)/b2-1+. The quantitative estimate of drug-likeness (QED) is 0.201. The third-order valence-electron chi connectivity index (χ3n) is 3.58. The van der Waals surface area contributed by atoms with Crippen molar-refractivity contribution in [3.8, 4) is 0 Å². The van der Waals surface area contributed by atoms with E-state index in [2.05, 4.69) is 0 Å². The van der Waals surface area contributed by atoms with E-state index in [0.717, 1.165) is 5.56 Å². The fourth-order valence-electron chi connectivity index (χ4n) is 2.08. The number of non-ortho nitro benzene ring substituents is 1. The summed E-state index contributed by atoms with van der Waals surface area (Å²) < 4.78 is 26.5. The second-order valence-electron chi connectivity index (χ2n) is 5.92. The summed E-state index contributed by atoms with van der Waals surface area (Å²) in [5, 5.41) is 19.0. The number of aliphatic carboxylic acids is 1. The number of carboxylic acids is 1. The largest absolute Gasteiger partial charge is 0.481 e. The third-order valence-corrected chi connectivity index (χ3v) is 3.58. The van der Waals surface area contributed by atoms with Crippen LogP contribution in [0.2, 0.25) is 0 Å². The highest BCUT2D eigenvalue weighted by Gasteiger charge is 2.02. The molecule has 0 saturated heterocycles. The molecule has 0 aromatic heterocycles. The molecule has 0 saturated carbocycles. The van der Waals surface area contributed by atoms with Crippen LogP contribution in [0.5, 0.6) is 0 Å². The molecular formula is C20H29NO9. The first-order valence-electron chi connectivity index (χ1n) is 9.61. The van der Waals surface area contributed by atoms with Crippen molar-refractivity contribution >= 4 is 17.7 Å². The minimum atomic E-state index is -0.880. The molecule has 1 rings (SSSR count). The molecule has 0 radical (unpaired) electrons. The van der Waals surface area contributed by atoms with Crippen molar-refractivity contribution in [2.45, 2.75) is 6.42 Å². The van der Waals surface area contributed by atoms with Gasteiger partial charge in [-0.15, -0.1) is 0 Å². The van der Waals surface area contributed by atoms with Gasteiger partial charge in [0.15, 0.2) is 0 Å². The van der Waals surface area contributed by atoms with E-state index in [1.54, 1.807) is 12.1 Å². The number of hydrogen-bond acceptors (Lipinski definition) is 8. The van der Waals surface area contributed by atoms with Crippen molar-refractivity contribution in [2.75, 3.05) is 66.1 Å². The molecule has 0 atom stereocenters. The van der Waals surface area contributed by atoms with E-state index >= 15 is 0 Å². The molecule has 0 fully saturated rings. The number of nitro benzene ring substituents is 1. The molecule has 0 heterocycles. The molecule has 0 spiro atoms. The van der Waals surface area contributed by atoms with Gasteiger partial charge in [-0.1, -0.05) is 12.2 Å². The molecule has 0 aliphatic rings. The van der Waals surface area contributed by atoms with Crippen molar-refractivity contribution in [3.05, 3.63) is 46.0 Å². The molecule has 0 unspecified atom stereocenters. The molecule has 1 aromatic carbocycles. The number of carboxylic acid groups (broad SMARTS) is 1. The average Bonchev–Trinajstić information content (AvgIpc) is 2.73. The van der Waals surface area contributed by atoms with Gasteiger partial charge in [0.05, 0.1) is 77.4 Å². The highest BCUT2D eigenvalue weighted by atomic mass is 16.6. The van der Waals surface area contributed by atoms with E-state index in [-0.39, 0.29) is 18.7 Å². The lowest BCUT2D eigenvalue weighted by molar-refractivity contribution is -0.384. The molecule has 0 bridgehead atoms. The first-order valence-corrected chi connectivity index (χ1v) is 9.61.